The van der Waals surface area contributed by atoms with Gasteiger partial charge in [-0.05, 0) is 37.3 Å². The van der Waals surface area contributed by atoms with E-state index < -0.39 is 6.17 Å². The number of fused-ring (bicyclic) bond motifs is 1. The highest BCUT2D eigenvalue weighted by molar-refractivity contribution is 5.94. The van der Waals surface area contributed by atoms with Crippen molar-refractivity contribution in [2.45, 2.75) is 32.0 Å². The highest BCUT2D eigenvalue weighted by Gasteiger charge is 2.32. The first kappa shape index (κ1) is 16.1. The van der Waals surface area contributed by atoms with E-state index >= 15 is 0 Å². The van der Waals surface area contributed by atoms with Gasteiger partial charge in [0, 0.05) is 30.2 Å². The number of hydrogen-bond donors (Lipinski definition) is 0. The number of hydrogen-bond acceptors (Lipinski definition) is 4. The summed E-state index contributed by atoms with van der Waals surface area (Å²) in [6, 6.07) is 8.08. The van der Waals surface area contributed by atoms with E-state index in [1.54, 1.807) is 16.8 Å². The number of aryl methyl sites for hydroxylation is 1. The largest absolute Gasteiger partial charge is 0.443 e. The molecule has 0 atom stereocenters. The lowest BCUT2D eigenvalue weighted by Crippen LogP contribution is -2.28. The Bertz CT molecular complexity index is 1130. The van der Waals surface area contributed by atoms with Crippen molar-refractivity contribution in [3.63, 3.8) is 0 Å². The second-order valence-electron chi connectivity index (χ2n) is 6.90. The molecule has 0 amide bonds. The molecule has 0 unspecified atom stereocenters. The molecule has 27 heavy (non-hydrogen) atoms. The third kappa shape index (κ3) is 2.70. The van der Waals surface area contributed by atoms with Gasteiger partial charge in [0.2, 0.25) is 5.71 Å². The van der Waals surface area contributed by atoms with Gasteiger partial charge in [-0.1, -0.05) is 0 Å². The summed E-state index contributed by atoms with van der Waals surface area (Å²) in [5.74, 6) is 0.427. The van der Waals surface area contributed by atoms with E-state index in [1.807, 2.05) is 19.2 Å². The molecule has 0 spiro atoms. The van der Waals surface area contributed by atoms with Crippen LogP contribution in [0.5, 0.6) is 0 Å². The lowest BCUT2D eigenvalue weighted by atomic mass is 9.91. The summed E-state index contributed by atoms with van der Waals surface area (Å²) < 4.78 is 34.1. The van der Waals surface area contributed by atoms with Crippen molar-refractivity contribution in [1.82, 2.24) is 19.7 Å². The SMILES string of the molecule is Cc1cc2c(-c3cn(C4CC(F)C4)nc3-c3ccc(F)cc3)ncnc2o1. The second kappa shape index (κ2) is 5.97. The van der Waals surface area contributed by atoms with Crippen LogP contribution in [0.4, 0.5) is 8.78 Å². The Labute approximate surface area is 153 Å². The number of furan rings is 1. The van der Waals surface area contributed by atoms with Crippen LogP contribution < -0.4 is 0 Å². The van der Waals surface area contributed by atoms with Crippen molar-refractivity contribution in [2.75, 3.05) is 0 Å². The standard InChI is InChI=1S/C20H16F2N4O/c1-11-6-16-19(23-10-24-20(16)27-11)17-9-26(15-7-14(22)8-15)25-18(17)12-2-4-13(21)5-3-12/h2-6,9-10,14-15H,7-8H2,1H3. The van der Waals surface area contributed by atoms with Crippen molar-refractivity contribution < 1.29 is 13.2 Å². The number of nitrogens with zero attached hydrogens (tertiary/aromatic N) is 4. The number of rotatable bonds is 3. The Kier molecular flexibility index (Phi) is 3.56. The Morgan fingerprint density at radius 3 is 2.63 bits per heavy atom. The van der Waals surface area contributed by atoms with Gasteiger partial charge in [-0.3, -0.25) is 4.68 Å². The van der Waals surface area contributed by atoms with E-state index in [9.17, 15) is 8.78 Å². The van der Waals surface area contributed by atoms with Crippen LogP contribution in [-0.2, 0) is 0 Å². The quantitative estimate of drug-likeness (QED) is 0.519. The molecule has 0 aliphatic heterocycles. The van der Waals surface area contributed by atoms with Crippen LogP contribution in [0.25, 0.3) is 33.6 Å². The number of benzene rings is 1. The van der Waals surface area contributed by atoms with Crippen LogP contribution in [0.2, 0.25) is 0 Å². The fourth-order valence-corrected chi connectivity index (χ4v) is 3.50. The average molecular weight is 366 g/mol. The molecule has 5 rings (SSSR count). The summed E-state index contributed by atoms with van der Waals surface area (Å²) in [6.07, 6.45) is 3.47. The summed E-state index contributed by atoms with van der Waals surface area (Å²) in [6.45, 7) is 1.85. The predicted octanol–water partition coefficient (Wildman–Crippen LogP) is 4.87. The van der Waals surface area contributed by atoms with E-state index in [1.165, 1.54) is 18.5 Å². The highest BCUT2D eigenvalue weighted by atomic mass is 19.1. The van der Waals surface area contributed by atoms with Crippen molar-refractivity contribution in [3.05, 3.63) is 54.4 Å². The van der Waals surface area contributed by atoms with E-state index in [0.29, 0.717) is 29.9 Å². The van der Waals surface area contributed by atoms with Gasteiger partial charge in [-0.25, -0.2) is 18.7 Å². The fourth-order valence-electron chi connectivity index (χ4n) is 3.50. The van der Waals surface area contributed by atoms with E-state index in [4.69, 9.17) is 9.52 Å². The molecule has 1 aromatic carbocycles. The topological polar surface area (TPSA) is 56.7 Å². The van der Waals surface area contributed by atoms with Gasteiger partial charge < -0.3 is 4.42 Å². The molecule has 3 aromatic heterocycles. The van der Waals surface area contributed by atoms with Crippen molar-refractivity contribution in [3.8, 4) is 22.5 Å². The molecule has 0 bridgehead atoms. The highest BCUT2D eigenvalue weighted by Crippen LogP contribution is 2.39. The first-order valence-corrected chi connectivity index (χ1v) is 8.79. The van der Waals surface area contributed by atoms with E-state index in [0.717, 1.165) is 22.3 Å². The van der Waals surface area contributed by atoms with Crippen LogP contribution in [0, 0.1) is 12.7 Å². The van der Waals surface area contributed by atoms with Crippen LogP contribution in [0.1, 0.15) is 24.6 Å². The summed E-state index contributed by atoms with van der Waals surface area (Å²) in [7, 11) is 0. The monoisotopic (exact) mass is 366 g/mol. The Balaban J connectivity index is 1.70. The maximum atomic E-state index is 13.4. The maximum absolute atomic E-state index is 13.4. The zero-order valence-electron chi connectivity index (χ0n) is 14.6. The minimum Gasteiger partial charge on any atom is -0.443 e. The van der Waals surface area contributed by atoms with Gasteiger partial charge in [0.1, 0.15) is 29.8 Å². The second-order valence-corrected chi connectivity index (χ2v) is 6.90. The third-order valence-electron chi connectivity index (χ3n) is 4.99. The van der Waals surface area contributed by atoms with E-state index in [-0.39, 0.29) is 11.9 Å². The molecule has 136 valence electrons. The Morgan fingerprint density at radius 2 is 1.89 bits per heavy atom. The van der Waals surface area contributed by atoms with Crippen LogP contribution in [0.15, 0.2) is 47.3 Å². The molecule has 1 saturated carbocycles. The minimum absolute atomic E-state index is 0.0244. The normalized spacial score (nSPS) is 19.4. The van der Waals surface area contributed by atoms with Crippen LogP contribution in [-0.4, -0.2) is 25.9 Å². The van der Waals surface area contributed by atoms with Crippen LogP contribution >= 0.6 is 0 Å². The minimum atomic E-state index is -0.779. The van der Waals surface area contributed by atoms with Gasteiger partial charge in [0.25, 0.3) is 0 Å². The maximum Gasteiger partial charge on any atom is 0.229 e. The Morgan fingerprint density at radius 1 is 1.11 bits per heavy atom. The molecule has 3 heterocycles. The first-order chi connectivity index (χ1) is 13.1. The third-order valence-corrected chi connectivity index (χ3v) is 4.99. The molecule has 4 aromatic rings. The molecule has 1 aliphatic rings. The molecule has 0 saturated heterocycles. The fraction of sp³-hybridized carbons (Fsp3) is 0.250. The number of alkyl halides is 1. The lowest BCUT2D eigenvalue weighted by molar-refractivity contribution is 0.128. The molecule has 0 radical (unpaired) electrons. The summed E-state index contributed by atoms with van der Waals surface area (Å²) in [4.78, 5) is 8.63. The molecule has 1 aliphatic carbocycles. The molecule has 7 heteroatoms. The number of aromatic nitrogens is 4. The van der Waals surface area contributed by atoms with Gasteiger partial charge in [-0.15, -0.1) is 0 Å². The smallest absolute Gasteiger partial charge is 0.229 e. The van der Waals surface area contributed by atoms with E-state index in [2.05, 4.69) is 9.97 Å². The zero-order chi connectivity index (χ0) is 18.5. The predicted molar refractivity (Wildman–Crippen MR) is 96.3 cm³/mol. The van der Waals surface area contributed by atoms with Crippen molar-refractivity contribution in [2.24, 2.45) is 0 Å². The van der Waals surface area contributed by atoms with Gasteiger partial charge in [0.05, 0.1) is 17.1 Å². The van der Waals surface area contributed by atoms with Gasteiger partial charge >= 0.3 is 0 Å². The lowest BCUT2D eigenvalue weighted by Gasteiger charge is -2.29. The van der Waals surface area contributed by atoms with Crippen LogP contribution in [0.3, 0.4) is 0 Å². The summed E-state index contributed by atoms with van der Waals surface area (Å²) in [5.41, 5.74) is 3.43. The zero-order valence-corrected chi connectivity index (χ0v) is 14.6. The Hall–Kier alpha value is -3.09. The molecular weight excluding hydrogens is 350 g/mol. The summed E-state index contributed by atoms with van der Waals surface area (Å²) >= 11 is 0. The molecule has 1 fully saturated rings. The van der Waals surface area contributed by atoms with Crippen molar-refractivity contribution in [1.29, 1.82) is 0 Å². The average Bonchev–Trinajstić information content (AvgIpc) is 3.22. The first-order valence-electron chi connectivity index (χ1n) is 8.79. The number of halogens is 2. The molecule has 0 N–H and O–H groups in total. The molecular formula is C20H16F2N4O. The molecule has 5 nitrogen and oxygen atoms in total. The van der Waals surface area contributed by atoms with Gasteiger partial charge in [0.15, 0.2) is 0 Å². The summed E-state index contributed by atoms with van der Waals surface area (Å²) in [5, 5.41) is 5.48. The van der Waals surface area contributed by atoms with Crippen molar-refractivity contribution >= 4 is 11.1 Å². The van der Waals surface area contributed by atoms with Gasteiger partial charge in [-0.2, -0.15) is 5.10 Å².